The molecule has 36 heavy (non-hydrogen) atoms. The van der Waals surface area contributed by atoms with Crippen molar-refractivity contribution in [1.29, 1.82) is 0 Å². The number of pyridine rings is 1. The van der Waals surface area contributed by atoms with E-state index in [0.29, 0.717) is 23.6 Å². The van der Waals surface area contributed by atoms with Crippen molar-refractivity contribution in [2.45, 2.75) is 19.8 Å². The first-order chi connectivity index (χ1) is 16.8. The van der Waals surface area contributed by atoms with Gasteiger partial charge in [0, 0.05) is 58.4 Å². The minimum atomic E-state index is -0.858. The summed E-state index contributed by atoms with van der Waals surface area (Å²) < 4.78 is 9.82. The number of carbonyl (C=O) groups is 1. The van der Waals surface area contributed by atoms with E-state index in [1.54, 1.807) is 51.6 Å². The number of nitro groups is 1. The Kier molecular flexibility index (Phi) is 13.3. The number of hydrogen-bond acceptors (Lipinski definition) is 9. The molecule has 0 amide bonds. The van der Waals surface area contributed by atoms with Crippen LogP contribution in [0.2, 0.25) is 0 Å². The maximum atomic E-state index is 12.8. The smallest absolute Gasteiger partial charge is 0.337 e. The number of aliphatic hydroxyl groups is 2. The van der Waals surface area contributed by atoms with Crippen LogP contribution in [-0.2, 0) is 35.3 Å². The molecule has 11 heteroatoms. The van der Waals surface area contributed by atoms with Gasteiger partial charge in [-0.25, -0.2) is 4.79 Å². The summed E-state index contributed by atoms with van der Waals surface area (Å²) in [5.41, 5.74) is 2.42. The normalized spacial score (nSPS) is 14.9. The number of hydrogen-bond donors (Lipinski definition) is 3. The number of ether oxygens (including phenoxy) is 2. The second kappa shape index (κ2) is 15.6. The molecule has 0 radical (unpaired) electrons. The molecule has 1 aromatic heterocycles. The zero-order valence-corrected chi connectivity index (χ0v) is 23.1. The van der Waals surface area contributed by atoms with Crippen LogP contribution in [-0.4, -0.2) is 53.0 Å². The van der Waals surface area contributed by atoms with Crippen molar-refractivity contribution < 1.29 is 50.5 Å². The average Bonchev–Trinajstić information content (AvgIpc) is 2.85. The summed E-state index contributed by atoms with van der Waals surface area (Å²) in [6.07, 6.45) is 6.82. The van der Waals surface area contributed by atoms with Crippen LogP contribution in [0.1, 0.15) is 30.9 Å². The summed E-state index contributed by atoms with van der Waals surface area (Å²) in [5.74, 6) is -1.56. The number of rotatable bonds is 8. The van der Waals surface area contributed by atoms with Crippen LogP contribution in [0, 0.1) is 10.1 Å². The maximum Gasteiger partial charge on any atom is 0.337 e. The van der Waals surface area contributed by atoms with Crippen molar-refractivity contribution >= 4 is 17.7 Å². The number of nitrogens with zero attached hydrogens (tertiary/aromatic N) is 2. The molecule has 0 aliphatic carbocycles. The molecule has 1 aliphatic rings. The van der Waals surface area contributed by atoms with Gasteiger partial charge in [-0.15, -0.1) is 0 Å². The van der Waals surface area contributed by atoms with Crippen molar-refractivity contribution in [2.24, 2.45) is 0 Å². The van der Waals surface area contributed by atoms with Gasteiger partial charge >= 0.3 is 5.97 Å². The van der Waals surface area contributed by atoms with Crippen molar-refractivity contribution in [1.82, 2.24) is 10.3 Å². The molecule has 1 atom stereocenters. The summed E-state index contributed by atoms with van der Waals surface area (Å²) in [6, 6.07) is 9.50. The van der Waals surface area contributed by atoms with Gasteiger partial charge in [-0.2, -0.15) is 0 Å². The second-order valence-electron chi connectivity index (χ2n) is 7.46. The summed E-state index contributed by atoms with van der Waals surface area (Å²) in [5, 5.41) is 32.7. The van der Waals surface area contributed by atoms with Gasteiger partial charge in [0.05, 0.1) is 35.3 Å². The van der Waals surface area contributed by atoms with Gasteiger partial charge < -0.3 is 25.0 Å². The van der Waals surface area contributed by atoms with Gasteiger partial charge in [0.2, 0.25) is 0 Å². The third-order valence-electron chi connectivity index (χ3n) is 4.98. The van der Waals surface area contributed by atoms with Crippen LogP contribution in [0.15, 0.2) is 77.6 Å². The number of nitro benzene ring substituents is 1. The van der Waals surface area contributed by atoms with Gasteiger partial charge in [-0.05, 0) is 43.2 Å². The summed E-state index contributed by atoms with van der Waals surface area (Å²) >= 11 is 0. The topological polar surface area (TPSA) is 144 Å². The molecule has 2 heterocycles. The summed E-state index contributed by atoms with van der Waals surface area (Å²) in [4.78, 5) is 27.4. The van der Waals surface area contributed by atoms with E-state index in [9.17, 15) is 20.0 Å². The van der Waals surface area contributed by atoms with Crippen molar-refractivity contribution in [2.75, 3.05) is 26.9 Å². The quantitative estimate of drug-likeness (QED) is 0.219. The predicted molar refractivity (Wildman–Crippen MR) is 130 cm³/mol. The minimum Gasteiger partial charge on any atom is -0.509 e. The van der Waals surface area contributed by atoms with Gasteiger partial charge in [0.1, 0.15) is 12.4 Å². The Morgan fingerprint density at radius 2 is 1.92 bits per heavy atom. The molecule has 3 N–H and O–H groups in total. The van der Waals surface area contributed by atoms with Crippen LogP contribution in [0.4, 0.5) is 5.69 Å². The first kappa shape index (κ1) is 30.7. The number of aromatic nitrogens is 1. The van der Waals surface area contributed by atoms with Crippen molar-refractivity contribution in [3.63, 3.8) is 0 Å². The van der Waals surface area contributed by atoms with Crippen LogP contribution < -0.4 is 5.32 Å². The zero-order valence-electron chi connectivity index (χ0n) is 20.2. The number of non-ortho nitro benzene ring substituents is 1. The Morgan fingerprint density at radius 1 is 1.22 bits per heavy atom. The van der Waals surface area contributed by atoms with Crippen LogP contribution >= 0.6 is 0 Å². The number of esters is 1. The standard InChI is InChI=1S/C22H21N3O5.C3H8O2.W/c1-14-19(22(27)30-12-4-5-16-8-10-23-11-9-16)20(21(26)15(2)24-14)17-6-3-7-18(13-17)25(28)29;1-5-3-2-4;/h3-11,13,20,24,26H,12H2,1-2H3;4H,2-3H2,1H3;/b5-4+;;. The number of benzene rings is 1. The largest absolute Gasteiger partial charge is 0.509 e. The van der Waals surface area contributed by atoms with Crippen LogP contribution in [0.25, 0.3) is 6.08 Å². The minimum absolute atomic E-state index is 0. The molecule has 1 unspecified atom stereocenters. The summed E-state index contributed by atoms with van der Waals surface area (Å²) in [7, 11) is 1.55. The summed E-state index contributed by atoms with van der Waals surface area (Å²) in [6.45, 7) is 3.96. The fraction of sp³-hybridized carbons (Fsp3) is 0.280. The Morgan fingerprint density at radius 3 is 2.50 bits per heavy atom. The number of dihydropyridines is 1. The predicted octanol–water partition coefficient (Wildman–Crippen LogP) is 3.62. The van der Waals surface area contributed by atoms with E-state index in [1.165, 1.54) is 18.2 Å². The first-order valence-electron chi connectivity index (χ1n) is 10.8. The molecule has 192 valence electrons. The van der Waals surface area contributed by atoms with E-state index in [2.05, 4.69) is 15.0 Å². The van der Waals surface area contributed by atoms with E-state index in [0.717, 1.165) is 5.56 Å². The molecule has 0 bridgehead atoms. The molecule has 0 saturated heterocycles. The number of aliphatic hydroxyl groups excluding tert-OH is 2. The van der Waals surface area contributed by atoms with Crippen LogP contribution in [0.5, 0.6) is 0 Å². The van der Waals surface area contributed by atoms with Crippen molar-refractivity contribution in [3.05, 3.63) is 98.8 Å². The van der Waals surface area contributed by atoms with Gasteiger partial charge in [0.15, 0.2) is 0 Å². The van der Waals surface area contributed by atoms with E-state index < -0.39 is 16.8 Å². The van der Waals surface area contributed by atoms with Crippen molar-refractivity contribution in [3.8, 4) is 0 Å². The molecule has 0 spiro atoms. The average molecular weight is 667 g/mol. The third-order valence-corrected chi connectivity index (χ3v) is 4.98. The zero-order chi connectivity index (χ0) is 25.8. The molecule has 10 nitrogen and oxygen atoms in total. The van der Waals surface area contributed by atoms with Gasteiger partial charge in [-0.3, -0.25) is 15.1 Å². The van der Waals surface area contributed by atoms with E-state index in [-0.39, 0.29) is 51.3 Å². The monoisotopic (exact) mass is 667 g/mol. The molecule has 1 aromatic carbocycles. The van der Waals surface area contributed by atoms with Crippen LogP contribution in [0.3, 0.4) is 0 Å². The SMILES string of the molecule is CC1=C(O)C(c2cccc([N+](=O)[O-])c2)C(C(=O)OC/C=C/c2ccncc2)=C(C)N1.COCCO.[W]. The number of methoxy groups -OCH3 is 1. The molecule has 2 aromatic rings. The fourth-order valence-corrected chi connectivity index (χ4v) is 3.35. The Balaban J connectivity index is 0.000000983. The van der Waals surface area contributed by atoms with Gasteiger partial charge in [0.25, 0.3) is 5.69 Å². The number of allylic oxidation sites excluding steroid dienone is 3. The van der Waals surface area contributed by atoms with E-state index >= 15 is 0 Å². The maximum absolute atomic E-state index is 12.8. The van der Waals surface area contributed by atoms with E-state index in [1.807, 2.05) is 12.1 Å². The second-order valence-corrected chi connectivity index (χ2v) is 7.46. The molecule has 3 rings (SSSR count). The Labute approximate surface area is 223 Å². The fourth-order valence-electron chi connectivity index (χ4n) is 3.35. The Bertz CT molecular complexity index is 1120. The molecule has 0 fully saturated rings. The first-order valence-corrected chi connectivity index (χ1v) is 10.8. The molecular weight excluding hydrogens is 638 g/mol. The number of nitrogens with one attached hydrogen (secondary N) is 1. The molecule has 1 aliphatic heterocycles. The molecular formula is C25H29N3O7W. The Hall–Kier alpha value is -3.33. The number of carbonyl (C=O) groups excluding carboxylic acids is 1. The van der Waals surface area contributed by atoms with E-state index in [4.69, 9.17) is 9.84 Å². The molecule has 0 saturated carbocycles. The third kappa shape index (κ3) is 8.71. The van der Waals surface area contributed by atoms with Gasteiger partial charge in [-0.1, -0.05) is 18.2 Å².